The van der Waals surface area contributed by atoms with Crippen molar-refractivity contribution in [2.45, 2.75) is 26.4 Å². The highest BCUT2D eigenvalue weighted by Gasteiger charge is 2.26. The Balaban J connectivity index is 2.46. The van der Waals surface area contributed by atoms with E-state index in [0.717, 1.165) is 6.42 Å². The van der Waals surface area contributed by atoms with Gasteiger partial charge in [-0.05, 0) is 6.42 Å². The van der Waals surface area contributed by atoms with Crippen molar-refractivity contribution in [2.75, 3.05) is 19.8 Å². The van der Waals surface area contributed by atoms with Crippen molar-refractivity contribution in [1.82, 2.24) is 0 Å². The van der Waals surface area contributed by atoms with Crippen molar-refractivity contribution in [3.8, 4) is 0 Å². The molecule has 10 heteroatoms. The van der Waals surface area contributed by atoms with E-state index < -0.39 is 66.4 Å². The molecule has 25 heavy (non-hydrogen) atoms. The van der Waals surface area contributed by atoms with E-state index in [1.165, 1.54) is 0 Å². The Kier molecular flexibility index (Phi) is 8.26. The number of benzene rings is 1. The highest BCUT2D eigenvalue weighted by atomic mass is 19.2. The Bertz CT molecular complexity index is 606. The summed E-state index contributed by atoms with van der Waals surface area (Å²) in [6, 6.07) is 0. The van der Waals surface area contributed by atoms with E-state index in [4.69, 9.17) is 4.74 Å². The van der Waals surface area contributed by atoms with Crippen LogP contribution in [0, 0.1) is 29.1 Å². The maximum atomic E-state index is 13.4. The van der Waals surface area contributed by atoms with Crippen molar-refractivity contribution < 1.29 is 45.8 Å². The van der Waals surface area contributed by atoms with E-state index in [1.807, 2.05) is 6.92 Å². The quantitative estimate of drug-likeness (QED) is 0.220. The number of carbonyl (C=O) groups is 2. The highest BCUT2D eigenvalue weighted by molar-refractivity contribution is 5.73. The number of halogens is 5. The van der Waals surface area contributed by atoms with Crippen LogP contribution in [0.2, 0.25) is 0 Å². The third-order valence-corrected chi connectivity index (χ3v) is 2.88. The molecule has 140 valence electrons. The Morgan fingerprint density at radius 1 is 0.800 bits per heavy atom. The van der Waals surface area contributed by atoms with E-state index in [2.05, 4.69) is 9.47 Å². The first-order valence-corrected chi connectivity index (χ1v) is 7.18. The molecule has 0 N–H and O–H groups in total. The van der Waals surface area contributed by atoms with E-state index in [0.29, 0.717) is 6.42 Å². The topological polar surface area (TPSA) is 61.8 Å². The number of hydrogen-bond donors (Lipinski definition) is 0. The Morgan fingerprint density at radius 3 is 1.80 bits per heavy atom. The van der Waals surface area contributed by atoms with Crippen LogP contribution < -0.4 is 0 Å². The molecule has 0 bridgehead atoms. The molecule has 0 saturated heterocycles. The van der Waals surface area contributed by atoms with Crippen molar-refractivity contribution in [1.29, 1.82) is 0 Å². The molecule has 5 nitrogen and oxygen atoms in total. The zero-order valence-electron chi connectivity index (χ0n) is 13.2. The monoisotopic (exact) mass is 370 g/mol. The lowest BCUT2D eigenvalue weighted by Crippen LogP contribution is -2.19. The zero-order valence-corrected chi connectivity index (χ0v) is 13.2. The Labute approximate surface area is 139 Å². The number of rotatable bonds is 9. The van der Waals surface area contributed by atoms with Gasteiger partial charge in [-0.3, -0.25) is 0 Å². The van der Waals surface area contributed by atoms with E-state index in [1.54, 1.807) is 0 Å². The van der Waals surface area contributed by atoms with Crippen molar-refractivity contribution in [3.05, 3.63) is 34.6 Å². The summed E-state index contributed by atoms with van der Waals surface area (Å²) in [6.07, 6.45) is 1.48. The van der Waals surface area contributed by atoms with Crippen LogP contribution in [0.15, 0.2) is 0 Å². The van der Waals surface area contributed by atoms with Gasteiger partial charge in [0.25, 0.3) is 0 Å². The molecule has 0 aliphatic carbocycles. The van der Waals surface area contributed by atoms with Crippen LogP contribution in [0.5, 0.6) is 0 Å². The SMILES string of the molecule is CCCCOC(=O)COCC(=O)OCc1c(F)c(F)c(F)c(F)c1F. The summed E-state index contributed by atoms with van der Waals surface area (Å²) in [5.41, 5.74) is -1.29. The summed E-state index contributed by atoms with van der Waals surface area (Å²) in [4.78, 5) is 22.5. The predicted octanol–water partition coefficient (Wildman–Crippen LogP) is 2.79. The summed E-state index contributed by atoms with van der Waals surface area (Å²) >= 11 is 0. The molecule has 0 aliphatic heterocycles. The van der Waals surface area contributed by atoms with Gasteiger partial charge < -0.3 is 14.2 Å². The second-order valence-electron chi connectivity index (χ2n) is 4.78. The van der Waals surface area contributed by atoms with Crippen LogP contribution in [0.4, 0.5) is 22.0 Å². The molecule has 0 aromatic heterocycles. The summed E-state index contributed by atoms with van der Waals surface area (Å²) in [5, 5.41) is 0. The minimum absolute atomic E-state index is 0.198. The first-order valence-electron chi connectivity index (χ1n) is 7.18. The van der Waals surface area contributed by atoms with Crippen molar-refractivity contribution in [3.63, 3.8) is 0 Å². The van der Waals surface area contributed by atoms with Crippen LogP contribution in [0.3, 0.4) is 0 Å². The van der Waals surface area contributed by atoms with E-state index in [-0.39, 0.29) is 6.61 Å². The van der Waals surface area contributed by atoms with Gasteiger partial charge in [0.1, 0.15) is 19.8 Å². The fourth-order valence-electron chi connectivity index (χ4n) is 1.56. The van der Waals surface area contributed by atoms with Gasteiger partial charge >= 0.3 is 11.9 Å². The number of unbranched alkanes of at least 4 members (excludes halogenated alkanes) is 1. The third-order valence-electron chi connectivity index (χ3n) is 2.88. The molecule has 1 aromatic carbocycles. The van der Waals surface area contributed by atoms with Gasteiger partial charge in [0, 0.05) is 0 Å². The molecule has 0 saturated carbocycles. The summed E-state index contributed by atoms with van der Waals surface area (Å²) < 4.78 is 79.3. The van der Waals surface area contributed by atoms with Gasteiger partial charge in [0.05, 0.1) is 12.2 Å². The standard InChI is InChI=1S/C15H15F5O5/c1-2-3-4-24-9(21)6-23-7-10(22)25-5-8-11(16)13(18)15(20)14(19)12(8)17/h2-7H2,1H3. The molecule has 0 aliphatic rings. The third kappa shape index (κ3) is 5.96. The van der Waals surface area contributed by atoms with Crippen molar-refractivity contribution in [2.24, 2.45) is 0 Å². The number of carbonyl (C=O) groups excluding carboxylic acids is 2. The molecule has 1 rings (SSSR count). The predicted molar refractivity (Wildman–Crippen MR) is 72.7 cm³/mol. The van der Waals surface area contributed by atoms with Gasteiger partial charge in [-0.2, -0.15) is 0 Å². The van der Waals surface area contributed by atoms with Gasteiger partial charge in [0.2, 0.25) is 5.82 Å². The second kappa shape index (κ2) is 9.92. The maximum Gasteiger partial charge on any atom is 0.332 e. The van der Waals surface area contributed by atoms with Crippen LogP contribution >= 0.6 is 0 Å². The molecule has 1 aromatic rings. The minimum Gasteiger partial charge on any atom is -0.464 e. The molecule has 0 unspecified atom stereocenters. The molecule has 0 radical (unpaired) electrons. The average Bonchev–Trinajstić information content (AvgIpc) is 2.58. The smallest absolute Gasteiger partial charge is 0.332 e. The van der Waals surface area contributed by atoms with Crippen LogP contribution in [0.1, 0.15) is 25.3 Å². The molecule has 0 atom stereocenters. The average molecular weight is 370 g/mol. The molecule has 0 amide bonds. The molecule has 0 spiro atoms. The number of hydrogen-bond acceptors (Lipinski definition) is 5. The maximum absolute atomic E-state index is 13.4. The number of esters is 2. The fraction of sp³-hybridized carbons (Fsp3) is 0.467. The van der Waals surface area contributed by atoms with Gasteiger partial charge in [0.15, 0.2) is 23.3 Å². The molecule has 0 heterocycles. The first-order chi connectivity index (χ1) is 11.8. The lowest BCUT2D eigenvalue weighted by atomic mass is 10.2. The van der Waals surface area contributed by atoms with Crippen LogP contribution in [0.25, 0.3) is 0 Å². The van der Waals surface area contributed by atoms with E-state index in [9.17, 15) is 31.5 Å². The second-order valence-corrected chi connectivity index (χ2v) is 4.78. The zero-order chi connectivity index (χ0) is 19.0. The Morgan fingerprint density at radius 2 is 1.28 bits per heavy atom. The Hall–Kier alpha value is -2.23. The highest BCUT2D eigenvalue weighted by Crippen LogP contribution is 2.23. The van der Waals surface area contributed by atoms with Gasteiger partial charge in [-0.25, -0.2) is 31.5 Å². The lowest BCUT2D eigenvalue weighted by molar-refractivity contribution is -0.156. The fourth-order valence-corrected chi connectivity index (χ4v) is 1.56. The summed E-state index contributed by atoms with van der Waals surface area (Å²) in [5.74, 6) is -12.7. The van der Waals surface area contributed by atoms with Crippen LogP contribution in [-0.2, 0) is 30.4 Å². The van der Waals surface area contributed by atoms with E-state index >= 15 is 0 Å². The normalized spacial score (nSPS) is 10.6. The lowest BCUT2D eigenvalue weighted by Gasteiger charge is -2.09. The molecule has 0 fully saturated rings. The summed E-state index contributed by atoms with van der Waals surface area (Å²) in [7, 11) is 0. The van der Waals surface area contributed by atoms with Crippen molar-refractivity contribution >= 4 is 11.9 Å². The molecular weight excluding hydrogens is 355 g/mol. The minimum atomic E-state index is -2.31. The number of ether oxygens (including phenoxy) is 3. The van der Waals surface area contributed by atoms with Gasteiger partial charge in [-0.15, -0.1) is 0 Å². The van der Waals surface area contributed by atoms with Crippen LogP contribution in [-0.4, -0.2) is 31.8 Å². The largest absolute Gasteiger partial charge is 0.464 e. The molecular formula is C15H15F5O5. The van der Waals surface area contributed by atoms with Gasteiger partial charge in [-0.1, -0.05) is 13.3 Å². The summed E-state index contributed by atoms with van der Waals surface area (Å²) in [6.45, 7) is -0.414. The first kappa shape index (κ1) is 20.8.